The summed E-state index contributed by atoms with van der Waals surface area (Å²) in [5.74, 6) is 0. The zero-order valence-corrected chi connectivity index (χ0v) is 8.99. The summed E-state index contributed by atoms with van der Waals surface area (Å²) in [5, 5.41) is 3.35. The first-order chi connectivity index (χ1) is 7.25. The fourth-order valence-corrected chi connectivity index (χ4v) is 1.49. The van der Waals surface area contributed by atoms with Crippen molar-refractivity contribution in [2.45, 2.75) is 19.9 Å². The molecule has 1 aromatic heterocycles. The number of nitrogens with one attached hydrogen (secondary N) is 2. The minimum absolute atomic E-state index is 0.461. The van der Waals surface area contributed by atoms with Crippen LogP contribution in [0.25, 0.3) is 11.3 Å². The molecule has 0 unspecified atom stereocenters. The number of nitrogens with zero attached hydrogens (tertiary/aromatic N) is 1. The molecule has 0 spiro atoms. The van der Waals surface area contributed by atoms with Gasteiger partial charge in [-0.15, -0.1) is 0 Å². The summed E-state index contributed by atoms with van der Waals surface area (Å²) in [6.07, 6.45) is 3.51. The van der Waals surface area contributed by atoms with Crippen LogP contribution in [-0.4, -0.2) is 16.0 Å². The topological polar surface area (TPSA) is 40.7 Å². The Morgan fingerprint density at radius 1 is 1.20 bits per heavy atom. The van der Waals surface area contributed by atoms with Gasteiger partial charge in [-0.2, -0.15) is 0 Å². The van der Waals surface area contributed by atoms with Crippen molar-refractivity contribution >= 4 is 5.69 Å². The van der Waals surface area contributed by atoms with Gasteiger partial charge in [-0.25, -0.2) is 4.98 Å². The number of rotatable bonds is 3. The highest BCUT2D eigenvalue weighted by atomic mass is 14.9. The molecule has 0 saturated heterocycles. The summed E-state index contributed by atoms with van der Waals surface area (Å²) in [6.45, 7) is 4.26. The molecule has 0 aliphatic rings. The molecule has 0 aliphatic heterocycles. The van der Waals surface area contributed by atoms with E-state index in [2.05, 4.69) is 53.4 Å². The SMILES string of the molecule is CC(C)Nc1ccc(-c2cnc[nH]2)cc1. The third-order valence-corrected chi connectivity index (χ3v) is 2.15. The fourth-order valence-electron chi connectivity index (χ4n) is 1.49. The number of aromatic nitrogens is 2. The molecular weight excluding hydrogens is 186 g/mol. The minimum Gasteiger partial charge on any atom is -0.383 e. The van der Waals surface area contributed by atoms with Crippen LogP contribution in [0.5, 0.6) is 0 Å². The predicted molar refractivity (Wildman–Crippen MR) is 62.8 cm³/mol. The van der Waals surface area contributed by atoms with Gasteiger partial charge in [-0.05, 0) is 31.5 Å². The van der Waals surface area contributed by atoms with Gasteiger partial charge < -0.3 is 10.3 Å². The Balaban J connectivity index is 2.17. The summed E-state index contributed by atoms with van der Waals surface area (Å²) in [7, 11) is 0. The first-order valence-electron chi connectivity index (χ1n) is 5.11. The Morgan fingerprint density at radius 3 is 2.47 bits per heavy atom. The number of benzene rings is 1. The van der Waals surface area contributed by atoms with Crippen LogP contribution in [0.4, 0.5) is 5.69 Å². The first-order valence-corrected chi connectivity index (χ1v) is 5.11. The van der Waals surface area contributed by atoms with Crippen LogP contribution in [0.2, 0.25) is 0 Å². The summed E-state index contributed by atoms with van der Waals surface area (Å²) < 4.78 is 0. The Bertz CT molecular complexity index is 401. The molecule has 78 valence electrons. The van der Waals surface area contributed by atoms with E-state index in [4.69, 9.17) is 0 Å². The molecule has 0 radical (unpaired) electrons. The quantitative estimate of drug-likeness (QED) is 0.801. The largest absolute Gasteiger partial charge is 0.383 e. The van der Waals surface area contributed by atoms with E-state index >= 15 is 0 Å². The van der Waals surface area contributed by atoms with Crippen LogP contribution in [0.1, 0.15) is 13.8 Å². The van der Waals surface area contributed by atoms with E-state index in [1.807, 2.05) is 6.20 Å². The summed E-state index contributed by atoms with van der Waals surface area (Å²) in [6, 6.07) is 8.78. The Hall–Kier alpha value is -1.77. The molecule has 0 fully saturated rings. The number of anilines is 1. The maximum Gasteiger partial charge on any atom is 0.0924 e. The maximum absolute atomic E-state index is 4.00. The van der Waals surface area contributed by atoms with Gasteiger partial charge in [0.05, 0.1) is 18.2 Å². The van der Waals surface area contributed by atoms with Gasteiger partial charge in [0.2, 0.25) is 0 Å². The van der Waals surface area contributed by atoms with Crippen LogP contribution >= 0.6 is 0 Å². The molecule has 2 rings (SSSR count). The van der Waals surface area contributed by atoms with Crippen LogP contribution in [0, 0.1) is 0 Å². The van der Waals surface area contributed by atoms with Crippen LogP contribution in [0.3, 0.4) is 0 Å². The molecule has 3 heteroatoms. The molecule has 1 aromatic carbocycles. The van der Waals surface area contributed by atoms with Crippen LogP contribution in [0.15, 0.2) is 36.8 Å². The second-order valence-corrected chi connectivity index (χ2v) is 3.84. The average Bonchev–Trinajstić information content (AvgIpc) is 2.71. The van der Waals surface area contributed by atoms with E-state index in [0.717, 1.165) is 16.9 Å². The lowest BCUT2D eigenvalue weighted by Crippen LogP contribution is -2.09. The molecule has 0 amide bonds. The summed E-state index contributed by atoms with van der Waals surface area (Å²) in [5.41, 5.74) is 3.35. The normalized spacial score (nSPS) is 10.6. The molecule has 0 atom stereocenters. The van der Waals surface area contributed by atoms with E-state index in [1.54, 1.807) is 6.33 Å². The summed E-state index contributed by atoms with van der Waals surface area (Å²) >= 11 is 0. The van der Waals surface area contributed by atoms with Gasteiger partial charge in [0.15, 0.2) is 0 Å². The lowest BCUT2D eigenvalue weighted by molar-refractivity contribution is 0.900. The Morgan fingerprint density at radius 2 is 1.93 bits per heavy atom. The number of H-pyrrole nitrogens is 1. The highest BCUT2D eigenvalue weighted by Crippen LogP contribution is 2.18. The molecule has 15 heavy (non-hydrogen) atoms. The zero-order chi connectivity index (χ0) is 10.7. The van der Waals surface area contributed by atoms with Gasteiger partial charge in [0.25, 0.3) is 0 Å². The molecular formula is C12H15N3. The Kier molecular flexibility index (Phi) is 2.72. The van der Waals surface area contributed by atoms with Crippen molar-refractivity contribution in [3.05, 3.63) is 36.8 Å². The van der Waals surface area contributed by atoms with Crippen LogP contribution in [-0.2, 0) is 0 Å². The lowest BCUT2D eigenvalue weighted by atomic mass is 10.1. The molecule has 0 bridgehead atoms. The monoisotopic (exact) mass is 201 g/mol. The minimum atomic E-state index is 0.461. The summed E-state index contributed by atoms with van der Waals surface area (Å²) in [4.78, 5) is 7.08. The highest BCUT2D eigenvalue weighted by molar-refractivity contribution is 5.61. The average molecular weight is 201 g/mol. The van der Waals surface area contributed by atoms with Crippen molar-refractivity contribution in [3.8, 4) is 11.3 Å². The standard InChI is InChI=1S/C12H15N3/c1-9(2)15-11-5-3-10(4-6-11)12-7-13-8-14-12/h3-9,15H,1-2H3,(H,13,14). The van der Waals surface area contributed by atoms with E-state index in [0.29, 0.717) is 6.04 Å². The van der Waals surface area contributed by atoms with Crippen molar-refractivity contribution in [1.82, 2.24) is 9.97 Å². The molecule has 0 aliphatic carbocycles. The van der Waals surface area contributed by atoms with Gasteiger partial charge in [-0.1, -0.05) is 12.1 Å². The third kappa shape index (κ3) is 2.37. The van der Waals surface area contributed by atoms with E-state index in [1.165, 1.54) is 0 Å². The molecule has 1 heterocycles. The zero-order valence-electron chi connectivity index (χ0n) is 8.99. The van der Waals surface area contributed by atoms with Gasteiger partial charge in [0, 0.05) is 11.7 Å². The molecule has 2 aromatic rings. The Labute approximate surface area is 89.6 Å². The second-order valence-electron chi connectivity index (χ2n) is 3.84. The van der Waals surface area contributed by atoms with E-state index < -0.39 is 0 Å². The highest BCUT2D eigenvalue weighted by Gasteiger charge is 1.99. The van der Waals surface area contributed by atoms with Crippen LogP contribution < -0.4 is 5.32 Å². The predicted octanol–water partition coefficient (Wildman–Crippen LogP) is 2.90. The van der Waals surface area contributed by atoms with Crippen molar-refractivity contribution in [2.75, 3.05) is 5.32 Å². The maximum atomic E-state index is 4.00. The number of hydrogen-bond acceptors (Lipinski definition) is 2. The second kappa shape index (κ2) is 4.17. The van der Waals surface area contributed by atoms with Gasteiger partial charge in [-0.3, -0.25) is 0 Å². The van der Waals surface area contributed by atoms with Gasteiger partial charge >= 0.3 is 0 Å². The number of imidazole rings is 1. The van der Waals surface area contributed by atoms with Crippen molar-refractivity contribution < 1.29 is 0 Å². The van der Waals surface area contributed by atoms with E-state index in [9.17, 15) is 0 Å². The van der Waals surface area contributed by atoms with Crippen molar-refractivity contribution in [2.24, 2.45) is 0 Å². The number of hydrogen-bond donors (Lipinski definition) is 2. The van der Waals surface area contributed by atoms with Crippen molar-refractivity contribution in [3.63, 3.8) is 0 Å². The van der Waals surface area contributed by atoms with Gasteiger partial charge in [0.1, 0.15) is 0 Å². The smallest absolute Gasteiger partial charge is 0.0924 e. The lowest BCUT2D eigenvalue weighted by Gasteiger charge is -2.09. The van der Waals surface area contributed by atoms with Crippen molar-refractivity contribution in [1.29, 1.82) is 0 Å². The molecule has 2 N–H and O–H groups in total. The van der Waals surface area contributed by atoms with E-state index in [-0.39, 0.29) is 0 Å². The number of aromatic amines is 1. The third-order valence-electron chi connectivity index (χ3n) is 2.15. The molecule has 0 saturated carbocycles. The first kappa shape index (κ1) is 9.77. The molecule has 3 nitrogen and oxygen atoms in total. The fraction of sp³-hybridized carbons (Fsp3) is 0.250.